The third-order valence-corrected chi connectivity index (χ3v) is 5.26. The van der Waals surface area contributed by atoms with Gasteiger partial charge in [-0.25, -0.2) is 9.37 Å². The SMILES string of the molecule is CC(N)c1oc(-c2ccc(OC(F)F)c(OCC3CC3)c2)nc1C(=O)NCc1ccccc1F.Cl. The molecule has 4 rings (SSSR count). The molecule has 0 bridgehead atoms. The molecule has 3 N–H and O–H groups in total. The van der Waals surface area contributed by atoms with Crippen LogP contribution in [-0.2, 0) is 6.54 Å². The summed E-state index contributed by atoms with van der Waals surface area (Å²) in [5.74, 6) is -0.442. The minimum Gasteiger partial charge on any atom is -0.489 e. The van der Waals surface area contributed by atoms with Gasteiger partial charge in [-0.15, -0.1) is 12.4 Å². The lowest BCUT2D eigenvalue weighted by Crippen LogP contribution is -2.25. The number of oxazole rings is 1. The largest absolute Gasteiger partial charge is 0.489 e. The van der Waals surface area contributed by atoms with Gasteiger partial charge >= 0.3 is 6.61 Å². The molecule has 0 aliphatic heterocycles. The second-order valence-corrected chi connectivity index (χ2v) is 8.09. The smallest absolute Gasteiger partial charge is 0.387 e. The van der Waals surface area contributed by atoms with Crippen LogP contribution in [0.25, 0.3) is 11.5 Å². The van der Waals surface area contributed by atoms with Crippen molar-refractivity contribution in [2.75, 3.05) is 6.61 Å². The Kier molecular flexibility index (Phi) is 8.63. The molecular weight excluding hydrogens is 487 g/mol. The van der Waals surface area contributed by atoms with Crippen LogP contribution >= 0.6 is 12.4 Å². The molecule has 0 radical (unpaired) electrons. The third-order valence-electron chi connectivity index (χ3n) is 5.26. The monoisotopic (exact) mass is 511 g/mol. The number of carbonyl (C=O) groups excluding carboxylic acids is 1. The molecular formula is C24H25ClF3N3O4. The maximum absolute atomic E-state index is 13.9. The average Bonchev–Trinajstić information content (AvgIpc) is 3.52. The maximum atomic E-state index is 13.9. The van der Waals surface area contributed by atoms with Gasteiger partial charge in [0.1, 0.15) is 5.82 Å². The number of hydrogen-bond acceptors (Lipinski definition) is 6. The van der Waals surface area contributed by atoms with Crippen LogP contribution in [0.4, 0.5) is 13.2 Å². The summed E-state index contributed by atoms with van der Waals surface area (Å²) in [6.07, 6.45) is 2.04. The van der Waals surface area contributed by atoms with Crippen molar-refractivity contribution in [2.24, 2.45) is 11.7 Å². The van der Waals surface area contributed by atoms with E-state index >= 15 is 0 Å². The van der Waals surface area contributed by atoms with Crippen LogP contribution in [0.1, 0.15) is 47.6 Å². The molecule has 1 heterocycles. The van der Waals surface area contributed by atoms with Crippen molar-refractivity contribution in [3.05, 3.63) is 65.3 Å². The highest BCUT2D eigenvalue weighted by Crippen LogP contribution is 2.37. The van der Waals surface area contributed by atoms with Crippen LogP contribution in [0, 0.1) is 11.7 Å². The van der Waals surface area contributed by atoms with Gasteiger partial charge < -0.3 is 24.9 Å². The van der Waals surface area contributed by atoms with Crippen LogP contribution in [0.5, 0.6) is 11.5 Å². The summed E-state index contributed by atoms with van der Waals surface area (Å²) in [6, 6.07) is 9.68. The van der Waals surface area contributed by atoms with Crippen LogP contribution in [0.3, 0.4) is 0 Å². The van der Waals surface area contributed by atoms with Gasteiger partial charge in [-0.3, -0.25) is 4.79 Å². The summed E-state index contributed by atoms with van der Waals surface area (Å²) in [7, 11) is 0. The molecule has 1 atom stereocenters. The van der Waals surface area contributed by atoms with E-state index in [0.29, 0.717) is 23.7 Å². The summed E-state index contributed by atoms with van der Waals surface area (Å²) >= 11 is 0. The number of benzene rings is 2. The van der Waals surface area contributed by atoms with Crippen molar-refractivity contribution in [3.8, 4) is 23.0 Å². The van der Waals surface area contributed by atoms with E-state index in [-0.39, 0.29) is 47.8 Å². The lowest BCUT2D eigenvalue weighted by molar-refractivity contribution is -0.0515. The van der Waals surface area contributed by atoms with Crippen LogP contribution in [0.2, 0.25) is 0 Å². The third kappa shape index (κ3) is 6.67. The van der Waals surface area contributed by atoms with E-state index in [1.165, 1.54) is 24.3 Å². The second-order valence-electron chi connectivity index (χ2n) is 8.09. The average molecular weight is 512 g/mol. The molecule has 3 aromatic rings. The Balaban J connectivity index is 0.00000342. The van der Waals surface area contributed by atoms with Crippen molar-refractivity contribution in [3.63, 3.8) is 0 Å². The molecule has 1 aliphatic rings. The highest BCUT2D eigenvalue weighted by Gasteiger charge is 2.26. The van der Waals surface area contributed by atoms with Crippen molar-refractivity contribution < 1.29 is 31.9 Å². The van der Waals surface area contributed by atoms with E-state index in [4.69, 9.17) is 14.9 Å². The summed E-state index contributed by atoms with van der Waals surface area (Å²) in [5.41, 5.74) is 6.63. The highest BCUT2D eigenvalue weighted by atomic mass is 35.5. The lowest BCUT2D eigenvalue weighted by atomic mass is 10.2. The molecule has 1 aromatic heterocycles. The first-order valence-corrected chi connectivity index (χ1v) is 10.8. The number of halogens is 4. The number of amides is 1. The first kappa shape index (κ1) is 26.4. The zero-order chi connectivity index (χ0) is 24.2. The van der Waals surface area contributed by atoms with Crippen LogP contribution in [0.15, 0.2) is 46.9 Å². The zero-order valence-corrected chi connectivity index (χ0v) is 19.6. The molecule has 188 valence electrons. The van der Waals surface area contributed by atoms with E-state index < -0.39 is 24.4 Å². The van der Waals surface area contributed by atoms with Gasteiger partial charge in [0.25, 0.3) is 5.91 Å². The van der Waals surface area contributed by atoms with Gasteiger partial charge in [-0.1, -0.05) is 18.2 Å². The fourth-order valence-corrected chi connectivity index (χ4v) is 3.27. The summed E-state index contributed by atoms with van der Waals surface area (Å²) in [5, 5.41) is 2.61. The van der Waals surface area contributed by atoms with Gasteiger partial charge in [-0.2, -0.15) is 8.78 Å². The minimum absolute atomic E-state index is 0. The number of carbonyl (C=O) groups is 1. The molecule has 1 fully saturated rings. The zero-order valence-electron chi connectivity index (χ0n) is 18.8. The normalized spacial score (nSPS) is 13.8. The predicted octanol–water partition coefficient (Wildman–Crippen LogP) is 5.24. The van der Waals surface area contributed by atoms with Gasteiger partial charge in [0.15, 0.2) is 23.0 Å². The molecule has 2 aromatic carbocycles. The Morgan fingerprint density at radius 1 is 1.23 bits per heavy atom. The molecule has 7 nitrogen and oxygen atoms in total. The summed E-state index contributed by atoms with van der Waals surface area (Å²) in [6.45, 7) is -1.05. The van der Waals surface area contributed by atoms with Crippen molar-refractivity contribution >= 4 is 18.3 Å². The molecule has 0 saturated heterocycles. The van der Waals surface area contributed by atoms with E-state index in [9.17, 15) is 18.0 Å². The van der Waals surface area contributed by atoms with Crippen molar-refractivity contribution in [1.29, 1.82) is 0 Å². The van der Waals surface area contributed by atoms with E-state index in [1.807, 2.05) is 0 Å². The lowest BCUT2D eigenvalue weighted by Gasteiger charge is -2.12. The number of nitrogens with zero attached hydrogens (tertiary/aromatic N) is 1. The number of alkyl halides is 2. The van der Waals surface area contributed by atoms with Gasteiger partial charge in [0, 0.05) is 17.7 Å². The first-order valence-electron chi connectivity index (χ1n) is 10.8. The topological polar surface area (TPSA) is 99.6 Å². The highest BCUT2D eigenvalue weighted by molar-refractivity contribution is 5.94. The predicted molar refractivity (Wildman–Crippen MR) is 124 cm³/mol. The molecule has 0 spiro atoms. The Labute approximate surface area is 206 Å². The molecule has 1 amide bonds. The first-order chi connectivity index (χ1) is 16.3. The number of rotatable bonds is 10. The van der Waals surface area contributed by atoms with Crippen molar-refractivity contribution in [2.45, 2.75) is 39.0 Å². The van der Waals surface area contributed by atoms with Gasteiger partial charge in [0.05, 0.1) is 12.6 Å². The number of aromatic nitrogens is 1. The number of nitrogens with two attached hydrogens (primary N) is 1. The molecule has 11 heteroatoms. The second kappa shape index (κ2) is 11.5. The number of hydrogen-bond donors (Lipinski definition) is 2. The minimum atomic E-state index is -3.01. The number of nitrogens with one attached hydrogen (secondary N) is 1. The van der Waals surface area contributed by atoms with E-state index in [1.54, 1.807) is 25.1 Å². The molecule has 1 unspecified atom stereocenters. The molecule has 35 heavy (non-hydrogen) atoms. The fraction of sp³-hybridized carbons (Fsp3) is 0.333. The van der Waals surface area contributed by atoms with E-state index in [0.717, 1.165) is 12.8 Å². The quantitative estimate of drug-likeness (QED) is 0.386. The Morgan fingerprint density at radius 3 is 2.63 bits per heavy atom. The van der Waals surface area contributed by atoms with E-state index in [2.05, 4.69) is 15.0 Å². The standard InChI is InChI=1S/C24H24F3N3O4.ClH/c1-13(28)21-20(22(31)29-11-16-4-2-3-5-17(16)25)30-23(34-21)15-8-9-18(33-24(26)27)19(10-15)32-12-14-6-7-14;/h2-5,8-10,13-14,24H,6-7,11-12,28H2,1H3,(H,29,31);1H. The van der Waals surface area contributed by atoms with Crippen molar-refractivity contribution in [1.82, 2.24) is 10.3 Å². The van der Waals surface area contributed by atoms with Gasteiger partial charge in [-0.05, 0) is 49.9 Å². The summed E-state index contributed by atoms with van der Waals surface area (Å²) < 4.78 is 55.5. The molecule has 1 aliphatic carbocycles. The molecule has 1 saturated carbocycles. The van der Waals surface area contributed by atoms with Crippen LogP contribution < -0.4 is 20.5 Å². The fourth-order valence-electron chi connectivity index (χ4n) is 3.27. The number of ether oxygens (including phenoxy) is 2. The Bertz CT molecular complexity index is 1170. The maximum Gasteiger partial charge on any atom is 0.387 e. The van der Waals surface area contributed by atoms with Crippen LogP contribution in [-0.4, -0.2) is 24.1 Å². The Morgan fingerprint density at radius 2 is 1.97 bits per heavy atom. The Hall–Kier alpha value is -3.24. The van der Waals surface area contributed by atoms with Gasteiger partial charge in [0.2, 0.25) is 5.89 Å². The summed E-state index contributed by atoms with van der Waals surface area (Å²) in [4.78, 5) is 17.1.